The van der Waals surface area contributed by atoms with Crippen LogP contribution in [0.15, 0.2) is 48.9 Å². The van der Waals surface area contributed by atoms with E-state index in [9.17, 15) is 22.7 Å². The van der Waals surface area contributed by atoms with E-state index in [4.69, 9.17) is 0 Å². The number of anilines is 3. The first kappa shape index (κ1) is 23.1. The van der Waals surface area contributed by atoms with Crippen LogP contribution < -0.4 is 15.0 Å². The van der Waals surface area contributed by atoms with Gasteiger partial charge in [-0.25, -0.2) is 22.2 Å². The molecule has 0 spiro atoms. The van der Waals surface area contributed by atoms with Gasteiger partial charge in [0.2, 0.25) is 33.6 Å². The molecule has 0 aliphatic heterocycles. The summed E-state index contributed by atoms with van der Waals surface area (Å²) in [5.74, 6) is -3.46. The molecule has 2 heterocycles. The molecule has 0 aliphatic rings. The number of carbonyl (C=O) groups excluding carboxylic acids is 1. The van der Waals surface area contributed by atoms with Crippen molar-refractivity contribution in [1.82, 2.24) is 9.97 Å². The molecule has 2 aromatic heterocycles. The number of phenols is 1. The molecule has 0 aliphatic carbocycles. The topological polar surface area (TPSA) is 138 Å². The van der Waals surface area contributed by atoms with Crippen LogP contribution in [-0.4, -0.2) is 35.0 Å². The number of aromatic hydroxyl groups is 1. The van der Waals surface area contributed by atoms with Crippen LogP contribution in [0.5, 0.6) is 5.75 Å². The average molecular weight is 488 g/mol. The van der Waals surface area contributed by atoms with Crippen molar-refractivity contribution in [2.75, 3.05) is 15.8 Å². The molecule has 0 atom stereocenters. The summed E-state index contributed by atoms with van der Waals surface area (Å²) >= 11 is 0. The number of rotatable bonds is 8. The lowest BCUT2D eigenvalue weighted by atomic mass is 10.0. The lowest BCUT2D eigenvalue weighted by molar-refractivity contribution is -0.352. The third-order valence-electron chi connectivity index (χ3n) is 4.95. The molecule has 34 heavy (non-hydrogen) atoms. The van der Waals surface area contributed by atoms with Gasteiger partial charge in [-0.1, -0.05) is 11.9 Å². The molecule has 176 valence electrons. The van der Waals surface area contributed by atoms with Gasteiger partial charge in [-0.05, 0) is 42.8 Å². The molecule has 2 aromatic carbocycles. The highest BCUT2D eigenvalue weighted by atomic mass is 32.2. The van der Waals surface area contributed by atoms with Crippen LogP contribution in [0.25, 0.3) is 11.0 Å². The van der Waals surface area contributed by atoms with Crippen LogP contribution in [0.4, 0.5) is 26.0 Å². The normalized spacial score (nSPS) is 11.5. The third kappa shape index (κ3) is 4.53. The first-order valence-electron chi connectivity index (χ1n) is 10.2. The molecule has 5 N–H and O–H groups in total. The number of H-pyrrole nitrogens is 2. The van der Waals surface area contributed by atoms with Gasteiger partial charge in [-0.3, -0.25) is 14.5 Å². The Morgan fingerprint density at radius 2 is 1.91 bits per heavy atom. The number of halogens is 2. The van der Waals surface area contributed by atoms with Gasteiger partial charge in [0.25, 0.3) is 0 Å². The van der Waals surface area contributed by atoms with Crippen LogP contribution in [0, 0.1) is 11.6 Å². The van der Waals surface area contributed by atoms with Crippen molar-refractivity contribution in [2.24, 2.45) is 0 Å². The molecule has 4 aromatic rings. The first-order valence-corrected chi connectivity index (χ1v) is 11.8. The summed E-state index contributed by atoms with van der Waals surface area (Å²) in [6, 6.07) is 7.82. The monoisotopic (exact) mass is 488 g/mol. The quantitative estimate of drug-likeness (QED) is 0.221. The van der Waals surface area contributed by atoms with E-state index >= 15 is 4.39 Å². The zero-order valence-electron chi connectivity index (χ0n) is 17.8. The maximum atomic E-state index is 15.2. The van der Waals surface area contributed by atoms with Crippen molar-refractivity contribution in [1.29, 1.82) is 0 Å². The molecule has 12 heteroatoms. The highest BCUT2D eigenvalue weighted by Gasteiger charge is 2.28. The van der Waals surface area contributed by atoms with Gasteiger partial charge < -0.3 is 10.4 Å². The van der Waals surface area contributed by atoms with Crippen molar-refractivity contribution in [3.05, 3.63) is 71.7 Å². The summed E-state index contributed by atoms with van der Waals surface area (Å²) in [5.41, 5.74) is -0.614. The molecule has 0 saturated heterocycles. The number of nitrogens with one attached hydrogen (secondary N) is 4. The number of ketones is 1. The maximum Gasteiger partial charge on any atom is 0.236 e. The number of hydrogen-bond acceptors (Lipinski definition) is 6. The Morgan fingerprint density at radius 3 is 2.62 bits per heavy atom. The molecule has 0 fully saturated rings. The number of hydrogen-bond donors (Lipinski definition) is 4. The zero-order chi connectivity index (χ0) is 24.5. The van der Waals surface area contributed by atoms with E-state index in [1.54, 1.807) is 19.1 Å². The summed E-state index contributed by atoms with van der Waals surface area (Å²) in [7, 11) is -3.87. The maximum absolute atomic E-state index is 15.2. The molecule has 0 bridgehead atoms. The Hall–Kier alpha value is -4.06. The predicted molar refractivity (Wildman–Crippen MR) is 122 cm³/mol. The fourth-order valence-corrected chi connectivity index (χ4v) is 4.56. The summed E-state index contributed by atoms with van der Waals surface area (Å²) in [6.07, 6.45) is 2.93. The van der Waals surface area contributed by atoms with E-state index in [1.807, 2.05) is 0 Å². The van der Waals surface area contributed by atoms with E-state index in [1.165, 1.54) is 24.7 Å². The van der Waals surface area contributed by atoms with Gasteiger partial charge in [-0.15, -0.1) is 0 Å². The number of nitrogens with zero attached hydrogens (tertiary/aromatic N) is 1. The van der Waals surface area contributed by atoms with Crippen LogP contribution in [-0.2, 0) is 10.0 Å². The molecular formula is C22H20F2N5O4S+. The number of aromatic nitrogens is 3. The zero-order valence-corrected chi connectivity index (χ0v) is 18.6. The van der Waals surface area contributed by atoms with Crippen molar-refractivity contribution in [3.63, 3.8) is 0 Å². The highest BCUT2D eigenvalue weighted by molar-refractivity contribution is 7.92. The second-order valence-corrected chi connectivity index (χ2v) is 9.25. The van der Waals surface area contributed by atoms with Crippen LogP contribution >= 0.6 is 0 Å². The van der Waals surface area contributed by atoms with Crippen molar-refractivity contribution < 1.29 is 32.1 Å². The van der Waals surface area contributed by atoms with Gasteiger partial charge in [-0.2, -0.15) is 0 Å². The number of fused-ring (bicyclic) bond motifs is 1. The Kier molecular flexibility index (Phi) is 6.16. The fourth-order valence-electron chi connectivity index (χ4n) is 3.43. The van der Waals surface area contributed by atoms with Gasteiger partial charge in [0, 0.05) is 5.69 Å². The minimum Gasteiger partial charge on any atom is -0.508 e. The Bertz CT molecular complexity index is 1490. The third-order valence-corrected chi connectivity index (χ3v) is 6.43. The predicted octanol–water partition coefficient (Wildman–Crippen LogP) is 3.49. The Balaban J connectivity index is 1.78. The smallest absolute Gasteiger partial charge is 0.236 e. The molecule has 0 saturated carbocycles. The molecule has 9 nitrogen and oxygen atoms in total. The summed E-state index contributed by atoms with van der Waals surface area (Å²) in [4.78, 5) is 23.1. The lowest BCUT2D eigenvalue weighted by Gasteiger charge is -2.11. The second kappa shape index (κ2) is 9.06. The van der Waals surface area contributed by atoms with Gasteiger partial charge >= 0.3 is 0 Å². The fraction of sp³-hybridized carbons (Fsp3) is 0.136. The van der Waals surface area contributed by atoms with Crippen LogP contribution in [0.1, 0.15) is 29.3 Å². The van der Waals surface area contributed by atoms with Gasteiger partial charge in [0.05, 0.1) is 28.8 Å². The van der Waals surface area contributed by atoms with Crippen molar-refractivity contribution in [3.8, 4) is 5.75 Å². The largest absolute Gasteiger partial charge is 0.508 e. The number of phenolic OH excluding ortho intramolecular Hbond substituents is 1. The first-order chi connectivity index (χ1) is 16.2. The summed E-state index contributed by atoms with van der Waals surface area (Å²) in [6.45, 7) is 1.64. The second-order valence-electron chi connectivity index (χ2n) is 7.41. The number of sulfonamides is 1. The molecule has 0 radical (unpaired) electrons. The van der Waals surface area contributed by atoms with Crippen LogP contribution in [0.2, 0.25) is 0 Å². The van der Waals surface area contributed by atoms with Crippen molar-refractivity contribution >= 4 is 44.0 Å². The molecule has 0 amide bonds. The van der Waals surface area contributed by atoms with E-state index < -0.39 is 38.7 Å². The van der Waals surface area contributed by atoms with Gasteiger partial charge in [0.15, 0.2) is 5.82 Å². The van der Waals surface area contributed by atoms with E-state index in [2.05, 4.69) is 25.0 Å². The highest BCUT2D eigenvalue weighted by Crippen LogP contribution is 2.30. The van der Waals surface area contributed by atoms with Gasteiger partial charge in [0.1, 0.15) is 17.0 Å². The lowest BCUT2D eigenvalue weighted by Crippen LogP contribution is -2.18. The Labute approximate surface area is 192 Å². The summed E-state index contributed by atoms with van der Waals surface area (Å²) < 4.78 is 56.0. The SMILES string of the molecule is CCCS(=O)(=O)Nc1ccc(F)c(C(=O)c2c[nH]c3[nH+]cnc(Nc4ccc(O)cc4)c23)c1F. The van der Waals surface area contributed by atoms with E-state index in [0.717, 1.165) is 12.1 Å². The number of carbonyl (C=O) groups is 1. The van der Waals surface area contributed by atoms with E-state index in [0.29, 0.717) is 17.8 Å². The summed E-state index contributed by atoms with van der Waals surface area (Å²) in [5, 5.41) is 12.7. The molecular weight excluding hydrogens is 468 g/mol. The van der Waals surface area contributed by atoms with Crippen LogP contribution in [0.3, 0.4) is 0 Å². The molecule has 0 unspecified atom stereocenters. The van der Waals surface area contributed by atoms with Crippen molar-refractivity contribution in [2.45, 2.75) is 13.3 Å². The number of benzene rings is 2. The number of aromatic amines is 2. The Morgan fingerprint density at radius 1 is 1.18 bits per heavy atom. The standard InChI is InChI=1S/C22H19F2N5O4S/c1-2-9-34(32,33)29-16-8-7-15(23)18(19(16)24)20(31)14-10-25-21-17(14)22(27-11-26-21)28-12-3-5-13(30)6-4-12/h3-8,10-11,29-30H,2,9H2,1H3,(H2,25,26,27,28)/p+1. The van der Waals surface area contributed by atoms with E-state index in [-0.39, 0.29) is 28.3 Å². The minimum absolute atomic E-state index is 0.0583. The minimum atomic E-state index is -3.87. The average Bonchev–Trinajstić information content (AvgIpc) is 3.22. The molecule has 4 rings (SSSR count).